The molecule has 1 amide bonds. The Morgan fingerprint density at radius 2 is 1.58 bits per heavy atom. The van der Waals surface area contributed by atoms with Crippen LogP contribution >= 0.6 is 11.6 Å². The number of nitrogens with zero attached hydrogens (tertiary/aromatic N) is 4. The number of hydrogen-bond donors (Lipinski definition) is 0. The van der Waals surface area contributed by atoms with E-state index in [2.05, 4.69) is 4.90 Å². The topological polar surface area (TPSA) is 69.9 Å². The fraction of sp³-hybridized carbons (Fsp3) is 0.381. The molecule has 0 N–H and O–H groups in total. The summed E-state index contributed by atoms with van der Waals surface area (Å²) < 4.78 is 26.9. The van der Waals surface area contributed by atoms with Crippen LogP contribution in [0.1, 0.15) is 23.2 Å². The van der Waals surface area contributed by atoms with Crippen molar-refractivity contribution in [2.75, 3.05) is 49.1 Å². The van der Waals surface area contributed by atoms with Crippen LogP contribution in [0.5, 0.6) is 0 Å². The smallest absolute Gasteiger partial charge is 0.292 e. The molecule has 0 radical (unpaired) electrons. The van der Waals surface area contributed by atoms with Gasteiger partial charge in [-0.05, 0) is 37.1 Å². The van der Waals surface area contributed by atoms with Crippen molar-refractivity contribution in [3.8, 4) is 0 Å². The maximum atomic E-state index is 13.6. The van der Waals surface area contributed by atoms with Gasteiger partial charge in [0.05, 0.1) is 15.5 Å². The lowest BCUT2D eigenvalue weighted by molar-refractivity contribution is -0.384. The fourth-order valence-corrected chi connectivity index (χ4v) is 4.33. The van der Waals surface area contributed by atoms with E-state index in [-0.39, 0.29) is 21.2 Å². The number of benzene rings is 2. The van der Waals surface area contributed by atoms with Crippen LogP contribution in [0.2, 0.25) is 5.02 Å². The molecule has 164 valence electrons. The molecule has 10 heteroatoms. The number of halogens is 3. The molecule has 0 aliphatic carbocycles. The largest absolute Gasteiger partial charge is 0.368 e. The Labute approximate surface area is 182 Å². The minimum Gasteiger partial charge on any atom is -0.368 e. The number of amides is 1. The zero-order valence-electron chi connectivity index (χ0n) is 16.7. The van der Waals surface area contributed by atoms with Crippen molar-refractivity contribution >= 4 is 34.6 Å². The summed E-state index contributed by atoms with van der Waals surface area (Å²) in [5, 5.41) is 11.3. The van der Waals surface area contributed by atoms with Crippen molar-refractivity contribution in [1.82, 2.24) is 4.90 Å². The summed E-state index contributed by atoms with van der Waals surface area (Å²) in [6, 6.07) is 6.72. The Kier molecular flexibility index (Phi) is 5.95. The Hall–Kier alpha value is -2.94. The maximum Gasteiger partial charge on any atom is 0.292 e. The van der Waals surface area contributed by atoms with Gasteiger partial charge in [-0.15, -0.1) is 0 Å². The highest BCUT2D eigenvalue weighted by molar-refractivity contribution is 6.33. The van der Waals surface area contributed by atoms with Gasteiger partial charge >= 0.3 is 0 Å². The molecule has 31 heavy (non-hydrogen) atoms. The molecule has 7 nitrogen and oxygen atoms in total. The number of nitro groups is 1. The molecule has 0 atom stereocenters. The van der Waals surface area contributed by atoms with Crippen LogP contribution in [0.25, 0.3) is 0 Å². The van der Waals surface area contributed by atoms with Crippen LogP contribution in [0.3, 0.4) is 0 Å². The van der Waals surface area contributed by atoms with Crippen LogP contribution in [-0.2, 0) is 0 Å². The highest BCUT2D eigenvalue weighted by atomic mass is 35.5. The molecular formula is C21H21ClF2N4O3. The molecule has 2 saturated heterocycles. The highest BCUT2D eigenvalue weighted by Gasteiger charge is 2.27. The van der Waals surface area contributed by atoms with Crippen LogP contribution in [0.15, 0.2) is 30.3 Å². The Morgan fingerprint density at radius 3 is 2.23 bits per heavy atom. The number of rotatable bonds is 4. The SMILES string of the molecule is O=C(c1cc(F)c(F)cc1Cl)N1CCN(c2ccc([N+](=O)[O-])c(N3CCCC3)c2)CC1. The summed E-state index contributed by atoms with van der Waals surface area (Å²) >= 11 is 5.94. The predicted molar refractivity (Wildman–Crippen MR) is 114 cm³/mol. The lowest BCUT2D eigenvalue weighted by Crippen LogP contribution is -2.49. The molecule has 2 aromatic rings. The Bertz CT molecular complexity index is 1020. The number of hydrogen-bond acceptors (Lipinski definition) is 5. The molecule has 2 fully saturated rings. The third-order valence-electron chi connectivity index (χ3n) is 5.77. The first-order valence-electron chi connectivity index (χ1n) is 10.1. The average Bonchev–Trinajstić information content (AvgIpc) is 3.30. The van der Waals surface area contributed by atoms with E-state index in [1.807, 2.05) is 11.0 Å². The van der Waals surface area contributed by atoms with E-state index in [9.17, 15) is 23.7 Å². The first kappa shape index (κ1) is 21.3. The van der Waals surface area contributed by atoms with E-state index in [1.165, 1.54) is 6.07 Å². The first-order chi connectivity index (χ1) is 14.8. The number of piperazine rings is 1. The summed E-state index contributed by atoms with van der Waals surface area (Å²) in [6.45, 7) is 3.33. The van der Waals surface area contributed by atoms with Gasteiger partial charge in [-0.25, -0.2) is 8.78 Å². The van der Waals surface area contributed by atoms with E-state index in [4.69, 9.17) is 11.6 Å². The molecule has 2 aliphatic rings. The second kappa shape index (κ2) is 8.66. The molecule has 0 aromatic heterocycles. The van der Waals surface area contributed by atoms with E-state index in [1.54, 1.807) is 11.0 Å². The van der Waals surface area contributed by atoms with Gasteiger partial charge in [-0.3, -0.25) is 14.9 Å². The average molecular weight is 451 g/mol. The van der Waals surface area contributed by atoms with Crippen molar-refractivity contribution in [1.29, 1.82) is 0 Å². The monoisotopic (exact) mass is 450 g/mol. The summed E-state index contributed by atoms with van der Waals surface area (Å²) in [4.78, 5) is 29.5. The molecule has 2 heterocycles. The normalized spacial score (nSPS) is 16.7. The Balaban J connectivity index is 1.49. The zero-order chi connectivity index (χ0) is 22.1. The first-order valence-corrected chi connectivity index (χ1v) is 10.4. The number of anilines is 2. The van der Waals surface area contributed by atoms with Crippen molar-refractivity contribution in [3.63, 3.8) is 0 Å². The predicted octanol–water partition coefficient (Wildman–Crippen LogP) is 4.09. The molecule has 4 rings (SSSR count). The molecule has 0 bridgehead atoms. The van der Waals surface area contributed by atoms with Gasteiger partial charge < -0.3 is 14.7 Å². The summed E-state index contributed by atoms with van der Waals surface area (Å²) in [6.07, 6.45) is 2.02. The number of carbonyl (C=O) groups excluding carboxylic acids is 1. The van der Waals surface area contributed by atoms with Crippen molar-refractivity contribution in [3.05, 3.63) is 62.7 Å². The van der Waals surface area contributed by atoms with E-state index < -0.39 is 17.5 Å². The number of carbonyl (C=O) groups is 1. The molecule has 0 spiro atoms. The van der Waals surface area contributed by atoms with Gasteiger partial charge in [-0.1, -0.05) is 11.6 Å². The second-order valence-electron chi connectivity index (χ2n) is 7.65. The van der Waals surface area contributed by atoms with E-state index in [0.717, 1.165) is 43.8 Å². The maximum absolute atomic E-state index is 13.6. The molecule has 2 aliphatic heterocycles. The third kappa shape index (κ3) is 4.27. The van der Waals surface area contributed by atoms with Crippen molar-refractivity contribution in [2.24, 2.45) is 0 Å². The fourth-order valence-electron chi connectivity index (χ4n) is 4.10. The van der Waals surface area contributed by atoms with Crippen molar-refractivity contribution < 1.29 is 18.5 Å². The third-order valence-corrected chi connectivity index (χ3v) is 6.09. The Morgan fingerprint density at radius 1 is 0.935 bits per heavy atom. The number of nitro benzene ring substituents is 1. The summed E-state index contributed by atoms with van der Waals surface area (Å²) in [7, 11) is 0. The van der Waals surface area contributed by atoms with E-state index in [0.29, 0.717) is 31.9 Å². The molecule has 0 unspecified atom stereocenters. The standard InChI is InChI=1S/C21H21ClF2N4O3/c22-16-13-18(24)17(23)12-15(16)21(29)27-9-7-25(8-10-27)14-3-4-19(28(30)31)20(11-14)26-5-1-2-6-26/h3-4,11-13H,1-2,5-10H2. The molecule has 2 aromatic carbocycles. The van der Waals surface area contributed by atoms with Gasteiger partial charge in [0.2, 0.25) is 0 Å². The minimum atomic E-state index is -1.12. The van der Waals surface area contributed by atoms with Gasteiger partial charge in [0, 0.05) is 51.0 Å². The molecular weight excluding hydrogens is 430 g/mol. The van der Waals surface area contributed by atoms with Crippen LogP contribution in [0, 0.1) is 21.7 Å². The van der Waals surface area contributed by atoms with Crippen LogP contribution < -0.4 is 9.80 Å². The lowest BCUT2D eigenvalue weighted by Gasteiger charge is -2.36. The summed E-state index contributed by atoms with van der Waals surface area (Å²) in [5.74, 6) is -2.67. The molecule has 0 saturated carbocycles. The summed E-state index contributed by atoms with van der Waals surface area (Å²) in [5.41, 5.74) is 1.49. The quantitative estimate of drug-likeness (QED) is 0.398. The van der Waals surface area contributed by atoms with Gasteiger partial charge in [0.15, 0.2) is 11.6 Å². The van der Waals surface area contributed by atoms with Crippen molar-refractivity contribution in [2.45, 2.75) is 12.8 Å². The van der Waals surface area contributed by atoms with Crippen LogP contribution in [0.4, 0.5) is 25.8 Å². The van der Waals surface area contributed by atoms with Crippen LogP contribution in [-0.4, -0.2) is 55.0 Å². The van der Waals surface area contributed by atoms with E-state index >= 15 is 0 Å². The highest BCUT2D eigenvalue weighted by Crippen LogP contribution is 2.35. The zero-order valence-corrected chi connectivity index (χ0v) is 17.4. The van der Waals surface area contributed by atoms with Gasteiger partial charge in [0.1, 0.15) is 5.69 Å². The van der Waals surface area contributed by atoms with Gasteiger partial charge in [-0.2, -0.15) is 0 Å². The lowest BCUT2D eigenvalue weighted by atomic mass is 10.1. The minimum absolute atomic E-state index is 0.0688. The second-order valence-corrected chi connectivity index (χ2v) is 8.06. The van der Waals surface area contributed by atoms with Gasteiger partial charge in [0.25, 0.3) is 11.6 Å².